The lowest BCUT2D eigenvalue weighted by Gasteiger charge is -2.19. The average Bonchev–Trinajstić information content (AvgIpc) is 3.62. The van der Waals surface area contributed by atoms with E-state index in [2.05, 4.69) is 69.5 Å². The van der Waals surface area contributed by atoms with E-state index in [0.29, 0.717) is 0 Å². The Bertz CT molecular complexity index is 1440. The molecule has 7 nitrogen and oxygen atoms in total. The highest BCUT2D eigenvalue weighted by atomic mass is 16.6. The van der Waals surface area contributed by atoms with Crippen molar-refractivity contribution in [2.24, 2.45) is 0 Å². The molecule has 0 spiro atoms. The summed E-state index contributed by atoms with van der Waals surface area (Å²) in [6.45, 7) is 0.996. The summed E-state index contributed by atoms with van der Waals surface area (Å²) in [6.07, 6.45) is 11.4. The van der Waals surface area contributed by atoms with E-state index in [9.17, 15) is 9.59 Å². The summed E-state index contributed by atoms with van der Waals surface area (Å²) in [7, 11) is 1.33. The molecule has 7 heteroatoms. The van der Waals surface area contributed by atoms with E-state index in [1.54, 1.807) is 12.5 Å². The third-order valence-corrected chi connectivity index (χ3v) is 8.29. The van der Waals surface area contributed by atoms with Crippen LogP contribution in [0.3, 0.4) is 0 Å². The average molecular weight is 580 g/mol. The first-order valence-corrected chi connectivity index (χ1v) is 15.4. The largest absolute Gasteiger partial charge is 0.467 e. The van der Waals surface area contributed by atoms with Crippen molar-refractivity contribution in [3.05, 3.63) is 114 Å². The first kappa shape index (κ1) is 30.1. The summed E-state index contributed by atoms with van der Waals surface area (Å²) in [5, 5.41) is 2.74. The molecule has 0 aliphatic heterocycles. The molecular formula is C36H41N3O4. The Hall–Kier alpha value is -4.39. The molecule has 0 saturated heterocycles. The Morgan fingerprint density at radius 1 is 0.837 bits per heavy atom. The molecule has 0 radical (unpaired) electrons. The number of hydrogen-bond acceptors (Lipinski definition) is 5. The number of alkyl carbamates (subject to hydrolysis) is 1. The molecule has 1 heterocycles. The van der Waals surface area contributed by atoms with Gasteiger partial charge in [0.1, 0.15) is 12.6 Å². The second-order valence-electron chi connectivity index (χ2n) is 11.2. The number of nitrogens with one attached hydrogen (secondary N) is 1. The Balaban J connectivity index is 1.07. The third-order valence-electron chi connectivity index (χ3n) is 8.29. The van der Waals surface area contributed by atoms with E-state index in [1.807, 2.05) is 24.3 Å². The smallest absolute Gasteiger partial charge is 0.407 e. The normalized spacial score (nSPS) is 12.8. The molecule has 224 valence electrons. The Morgan fingerprint density at radius 2 is 1.47 bits per heavy atom. The number of amides is 1. The molecule has 0 fully saturated rings. The molecule has 1 N–H and O–H groups in total. The molecule has 3 aromatic carbocycles. The van der Waals surface area contributed by atoms with Crippen LogP contribution in [-0.4, -0.2) is 41.4 Å². The van der Waals surface area contributed by atoms with E-state index in [4.69, 9.17) is 9.47 Å². The van der Waals surface area contributed by atoms with Gasteiger partial charge < -0.3 is 19.4 Å². The van der Waals surface area contributed by atoms with Gasteiger partial charge in [-0.1, -0.05) is 105 Å². The van der Waals surface area contributed by atoms with E-state index in [0.717, 1.165) is 53.8 Å². The number of aromatic nitrogens is 2. The molecule has 1 aromatic heterocycles. The van der Waals surface area contributed by atoms with Crippen LogP contribution in [0.25, 0.3) is 11.1 Å². The number of benzene rings is 3. The number of rotatable bonds is 15. The zero-order chi connectivity index (χ0) is 29.9. The van der Waals surface area contributed by atoms with Crippen molar-refractivity contribution in [3.63, 3.8) is 0 Å². The molecule has 0 unspecified atom stereocenters. The highest BCUT2D eigenvalue weighted by Crippen LogP contribution is 2.44. The number of ether oxygens (including phenoxy) is 2. The lowest BCUT2D eigenvalue weighted by atomic mass is 9.98. The minimum Gasteiger partial charge on any atom is -0.467 e. The number of unbranched alkanes of at least 4 members (excludes halogenated alkanes) is 5. The van der Waals surface area contributed by atoms with Crippen LogP contribution in [-0.2, 0) is 33.7 Å². The number of methoxy groups -OCH3 is 1. The van der Waals surface area contributed by atoms with Crippen molar-refractivity contribution in [1.82, 2.24) is 14.9 Å². The predicted molar refractivity (Wildman–Crippen MR) is 168 cm³/mol. The fourth-order valence-corrected chi connectivity index (χ4v) is 6.01. The third kappa shape index (κ3) is 7.92. The highest BCUT2D eigenvalue weighted by molar-refractivity contribution is 5.82. The van der Waals surface area contributed by atoms with Gasteiger partial charge in [-0.05, 0) is 47.1 Å². The predicted octanol–water partition coefficient (Wildman–Crippen LogP) is 7.09. The topological polar surface area (TPSA) is 82.5 Å². The van der Waals surface area contributed by atoms with Crippen LogP contribution in [0.2, 0.25) is 0 Å². The fraction of sp³-hybridized carbons (Fsp3) is 0.361. The molecule has 1 aliphatic carbocycles. The summed E-state index contributed by atoms with van der Waals surface area (Å²) in [5.41, 5.74) is 6.88. The summed E-state index contributed by atoms with van der Waals surface area (Å²) < 4.78 is 12.7. The fourth-order valence-electron chi connectivity index (χ4n) is 6.01. The second kappa shape index (κ2) is 15.2. The van der Waals surface area contributed by atoms with Gasteiger partial charge in [0.15, 0.2) is 0 Å². The maximum absolute atomic E-state index is 12.9. The maximum atomic E-state index is 12.9. The molecule has 5 rings (SSSR count). The number of carbonyl (C=O) groups is 2. The van der Waals surface area contributed by atoms with Gasteiger partial charge in [0, 0.05) is 30.8 Å². The second-order valence-corrected chi connectivity index (χ2v) is 11.2. The summed E-state index contributed by atoms with van der Waals surface area (Å²) in [4.78, 5) is 29.8. The van der Waals surface area contributed by atoms with Crippen LogP contribution in [0.1, 0.15) is 66.8 Å². The summed E-state index contributed by atoms with van der Waals surface area (Å²) in [5.74, 6) is -0.572. The van der Waals surface area contributed by atoms with Gasteiger partial charge in [0.2, 0.25) is 0 Å². The molecule has 4 aromatic rings. The van der Waals surface area contributed by atoms with Gasteiger partial charge in [0.05, 0.1) is 13.4 Å². The van der Waals surface area contributed by atoms with Gasteiger partial charge in [-0.15, -0.1) is 0 Å². The lowest BCUT2D eigenvalue weighted by molar-refractivity contribution is -0.143. The van der Waals surface area contributed by atoms with Crippen LogP contribution in [0.15, 0.2) is 91.4 Å². The maximum Gasteiger partial charge on any atom is 0.407 e. The van der Waals surface area contributed by atoms with Gasteiger partial charge in [-0.3, -0.25) is 0 Å². The van der Waals surface area contributed by atoms with Crippen molar-refractivity contribution in [1.29, 1.82) is 0 Å². The number of imidazole rings is 1. The van der Waals surface area contributed by atoms with E-state index >= 15 is 0 Å². The molecule has 1 atom stereocenters. The number of fused-ring (bicyclic) bond motifs is 3. The minimum atomic E-state index is -0.874. The van der Waals surface area contributed by atoms with Crippen LogP contribution in [0.5, 0.6) is 0 Å². The first-order valence-electron chi connectivity index (χ1n) is 15.4. The van der Waals surface area contributed by atoms with Crippen molar-refractivity contribution in [2.75, 3.05) is 13.7 Å². The molecule has 1 aliphatic rings. The van der Waals surface area contributed by atoms with Gasteiger partial charge in [0.25, 0.3) is 0 Å². The number of aryl methyl sites for hydroxylation is 2. The van der Waals surface area contributed by atoms with E-state index < -0.39 is 18.1 Å². The van der Waals surface area contributed by atoms with Crippen LogP contribution >= 0.6 is 0 Å². The van der Waals surface area contributed by atoms with E-state index in [1.165, 1.54) is 38.4 Å². The highest BCUT2D eigenvalue weighted by Gasteiger charge is 2.30. The number of hydrogen-bond donors (Lipinski definition) is 1. The quantitative estimate of drug-likeness (QED) is 0.120. The lowest BCUT2D eigenvalue weighted by Crippen LogP contribution is -2.44. The van der Waals surface area contributed by atoms with Crippen LogP contribution in [0.4, 0.5) is 4.79 Å². The van der Waals surface area contributed by atoms with Crippen LogP contribution in [0, 0.1) is 0 Å². The van der Waals surface area contributed by atoms with Gasteiger partial charge >= 0.3 is 12.1 Å². The molecule has 0 bridgehead atoms. The zero-order valence-corrected chi connectivity index (χ0v) is 24.9. The first-order chi connectivity index (χ1) is 21.1. The summed E-state index contributed by atoms with van der Waals surface area (Å²) in [6, 6.07) is 26.2. The zero-order valence-electron chi connectivity index (χ0n) is 24.9. The summed E-state index contributed by atoms with van der Waals surface area (Å²) >= 11 is 0. The molecule has 0 saturated carbocycles. The SMILES string of the molecule is COC(=O)[C@H](Cc1cncn1CCCCCCCCc1ccccc1)NC(=O)OCC1c2ccccc2-c2ccccc21. The Labute approximate surface area is 254 Å². The number of nitrogens with zero attached hydrogens (tertiary/aromatic N) is 2. The standard InChI is InChI=1S/C36H41N3O4/c1-42-35(40)34(38-36(41)43-25-33-31-20-12-10-18-29(31)30-19-11-13-21-32(30)33)23-28-24-37-26-39(28)22-14-5-3-2-4-7-15-27-16-8-6-9-17-27/h6,8-13,16-21,24,26,33-34H,2-5,7,14-15,22-23,25H2,1H3,(H,38,41)/t34-/m0/s1. The van der Waals surface area contributed by atoms with E-state index in [-0.39, 0.29) is 18.9 Å². The van der Waals surface area contributed by atoms with Gasteiger partial charge in [-0.25, -0.2) is 14.6 Å². The van der Waals surface area contributed by atoms with Crippen molar-refractivity contribution in [2.45, 2.75) is 69.9 Å². The van der Waals surface area contributed by atoms with Crippen molar-refractivity contribution < 1.29 is 19.1 Å². The van der Waals surface area contributed by atoms with Crippen molar-refractivity contribution in [3.8, 4) is 11.1 Å². The minimum absolute atomic E-state index is 0.0555. The molecule has 1 amide bonds. The van der Waals surface area contributed by atoms with Crippen molar-refractivity contribution >= 4 is 12.1 Å². The Kier molecular flexibility index (Phi) is 10.6. The number of esters is 1. The van der Waals surface area contributed by atoms with Crippen LogP contribution < -0.4 is 5.32 Å². The number of carbonyl (C=O) groups excluding carboxylic acids is 2. The monoisotopic (exact) mass is 579 g/mol. The Morgan fingerprint density at radius 3 is 2.16 bits per heavy atom. The van der Waals surface area contributed by atoms with Gasteiger partial charge in [-0.2, -0.15) is 0 Å². The molecular weight excluding hydrogens is 538 g/mol. The molecule has 43 heavy (non-hydrogen) atoms.